The maximum absolute atomic E-state index is 13.2. The maximum Gasteiger partial charge on any atom is 0.395 e. The Morgan fingerprint density at radius 3 is 2.38 bits per heavy atom. The Labute approximate surface area is 227 Å². The minimum Gasteiger partial charge on any atom is -0.492 e. The van der Waals surface area contributed by atoms with Crippen LogP contribution in [-0.2, 0) is 4.79 Å². The third-order valence-corrected chi connectivity index (χ3v) is 7.91. The summed E-state index contributed by atoms with van der Waals surface area (Å²) in [6.45, 7) is 6.65. The Morgan fingerprint density at radius 1 is 1.08 bits per heavy atom. The topological polar surface area (TPSA) is 88.8 Å². The van der Waals surface area contributed by atoms with Crippen LogP contribution in [-0.4, -0.2) is 71.6 Å². The van der Waals surface area contributed by atoms with Gasteiger partial charge in [-0.1, -0.05) is 6.07 Å². The zero-order valence-electron chi connectivity index (χ0n) is 22.8. The number of amides is 2. The van der Waals surface area contributed by atoms with E-state index in [1.807, 2.05) is 36.1 Å². The normalized spacial score (nSPS) is 19.3. The van der Waals surface area contributed by atoms with Gasteiger partial charge in [-0.2, -0.15) is 13.2 Å². The van der Waals surface area contributed by atoms with Crippen LogP contribution in [0.1, 0.15) is 55.5 Å². The van der Waals surface area contributed by atoms with E-state index in [4.69, 9.17) is 10.5 Å². The molecule has 0 radical (unpaired) electrons. The van der Waals surface area contributed by atoms with Gasteiger partial charge >= 0.3 is 6.18 Å². The van der Waals surface area contributed by atoms with E-state index >= 15 is 0 Å². The molecule has 10 heteroatoms. The Hall–Kier alpha value is -3.14. The summed E-state index contributed by atoms with van der Waals surface area (Å²) in [5, 5.41) is 0. The second-order valence-corrected chi connectivity index (χ2v) is 11.4. The van der Waals surface area contributed by atoms with Gasteiger partial charge in [0.25, 0.3) is 5.91 Å². The summed E-state index contributed by atoms with van der Waals surface area (Å²) in [6.07, 6.45) is 0.382. The van der Waals surface area contributed by atoms with Crippen molar-refractivity contribution in [2.45, 2.75) is 58.7 Å². The lowest BCUT2D eigenvalue weighted by atomic mass is 9.89. The van der Waals surface area contributed by atoms with E-state index in [1.165, 1.54) is 13.8 Å². The van der Waals surface area contributed by atoms with Gasteiger partial charge in [0, 0.05) is 24.2 Å². The van der Waals surface area contributed by atoms with Gasteiger partial charge in [-0.25, -0.2) is 0 Å². The lowest BCUT2D eigenvalue weighted by Gasteiger charge is -2.38. The van der Waals surface area contributed by atoms with Gasteiger partial charge in [-0.3, -0.25) is 14.6 Å². The first kappa shape index (κ1) is 28.9. The number of benzene rings is 1. The number of primary amides is 1. The number of likely N-dealkylation sites (tertiary alicyclic amines) is 2. The maximum atomic E-state index is 13.2. The standard InChI is InChI=1S/C29H37F3N4O3/c1-19-15-21(6-8-23(19)27(38)36-12-4-5-25(36)26(33)37)24-9-7-22(16-34-24)39-17-20-10-13-35(14-11-20)18-28(2,3)29(30,31)32/h6-9,15-16,20,25H,4-5,10-14,17-18H2,1-3H3,(H2,33,37)/t25-/m0/s1. The van der Waals surface area contributed by atoms with Crippen molar-refractivity contribution >= 4 is 11.8 Å². The average Bonchev–Trinajstić information content (AvgIpc) is 3.38. The van der Waals surface area contributed by atoms with Crippen molar-refractivity contribution in [1.29, 1.82) is 0 Å². The molecule has 212 valence electrons. The number of ether oxygens (including phenoxy) is 1. The lowest BCUT2D eigenvalue weighted by molar-refractivity contribution is -0.217. The summed E-state index contributed by atoms with van der Waals surface area (Å²) in [5.74, 6) is 0.255. The highest BCUT2D eigenvalue weighted by atomic mass is 19.4. The quantitative estimate of drug-likeness (QED) is 0.513. The van der Waals surface area contributed by atoms with Gasteiger partial charge in [0.15, 0.2) is 0 Å². The summed E-state index contributed by atoms with van der Waals surface area (Å²) in [4.78, 5) is 32.7. The Morgan fingerprint density at radius 2 is 1.79 bits per heavy atom. The molecule has 0 unspecified atom stereocenters. The molecule has 0 saturated carbocycles. The number of halogens is 3. The summed E-state index contributed by atoms with van der Waals surface area (Å²) >= 11 is 0. The van der Waals surface area contributed by atoms with E-state index in [9.17, 15) is 22.8 Å². The van der Waals surface area contributed by atoms with Crippen molar-refractivity contribution in [3.8, 4) is 17.0 Å². The van der Waals surface area contributed by atoms with Crippen LogP contribution < -0.4 is 10.5 Å². The molecule has 0 spiro atoms. The highest BCUT2D eigenvalue weighted by molar-refractivity contribution is 5.99. The molecule has 3 heterocycles. The summed E-state index contributed by atoms with van der Waals surface area (Å²) in [5.41, 5.74) is 6.68. The second kappa shape index (κ2) is 11.5. The number of nitrogens with two attached hydrogens (primary N) is 1. The van der Waals surface area contributed by atoms with E-state index in [0.29, 0.717) is 44.0 Å². The number of nitrogens with zero attached hydrogens (tertiary/aromatic N) is 3. The molecule has 2 fully saturated rings. The highest BCUT2D eigenvalue weighted by Crippen LogP contribution is 2.38. The zero-order valence-corrected chi connectivity index (χ0v) is 22.8. The fraction of sp³-hybridized carbons (Fsp3) is 0.552. The first-order valence-electron chi connectivity index (χ1n) is 13.4. The molecule has 2 saturated heterocycles. The number of pyridine rings is 1. The van der Waals surface area contributed by atoms with Crippen LogP contribution in [0.4, 0.5) is 13.2 Å². The van der Waals surface area contributed by atoms with Crippen LogP contribution in [0.25, 0.3) is 11.3 Å². The Kier molecular flexibility index (Phi) is 8.54. The summed E-state index contributed by atoms with van der Waals surface area (Å²) in [7, 11) is 0. The predicted molar refractivity (Wildman–Crippen MR) is 142 cm³/mol. The van der Waals surface area contributed by atoms with Crippen molar-refractivity contribution in [1.82, 2.24) is 14.8 Å². The number of piperidine rings is 1. The van der Waals surface area contributed by atoms with Gasteiger partial charge in [-0.15, -0.1) is 0 Å². The molecule has 4 rings (SSSR count). The van der Waals surface area contributed by atoms with Crippen molar-refractivity contribution in [3.63, 3.8) is 0 Å². The Balaban J connectivity index is 1.29. The van der Waals surface area contributed by atoms with Gasteiger partial charge in [-0.05, 0) is 95.3 Å². The molecule has 2 aliphatic rings. The van der Waals surface area contributed by atoms with Gasteiger partial charge in [0.1, 0.15) is 11.8 Å². The summed E-state index contributed by atoms with van der Waals surface area (Å²) in [6, 6.07) is 8.65. The van der Waals surface area contributed by atoms with Crippen LogP contribution in [0, 0.1) is 18.3 Å². The average molecular weight is 547 g/mol. The van der Waals surface area contributed by atoms with E-state index in [-0.39, 0.29) is 18.4 Å². The molecule has 2 aromatic rings. The smallest absolute Gasteiger partial charge is 0.395 e. The first-order chi connectivity index (χ1) is 18.4. The minimum absolute atomic E-state index is 0.0101. The Bertz CT molecular complexity index is 1180. The van der Waals surface area contributed by atoms with E-state index in [1.54, 1.807) is 17.2 Å². The molecular formula is C29H37F3N4O3. The third-order valence-electron chi connectivity index (χ3n) is 7.91. The van der Waals surface area contributed by atoms with Crippen molar-refractivity contribution in [3.05, 3.63) is 47.7 Å². The monoisotopic (exact) mass is 546 g/mol. The number of alkyl halides is 3. The number of aromatic nitrogens is 1. The van der Waals surface area contributed by atoms with E-state index < -0.39 is 23.5 Å². The molecule has 1 aromatic heterocycles. The number of carbonyl (C=O) groups excluding carboxylic acids is 2. The van der Waals surface area contributed by atoms with E-state index in [0.717, 1.165) is 36.1 Å². The molecule has 39 heavy (non-hydrogen) atoms. The fourth-order valence-corrected chi connectivity index (χ4v) is 5.33. The van der Waals surface area contributed by atoms with Crippen molar-refractivity contribution in [2.24, 2.45) is 17.1 Å². The predicted octanol–water partition coefficient (Wildman–Crippen LogP) is 4.83. The lowest BCUT2D eigenvalue weighted by Crippen LogP contribution is -2.46. The highest BCUT2D eigenvalue weighted by Gasteiger charge is 2.48. The van der Waals surface area contributed by atoms with Gasteiger partial charge in [0.2, 0.25) is 5.91 Å². The molecule has 1 atom stereocenters. The third kappa shape index (κ3) is 6.72. The molecule has 7 nitrogen and oxygen atoms in total. The molecule has 1 aromatic carbocycles. The van der Waals surface area contributed by atoms with Crippen LogP contribution in [0.2, 0.25) is 0 Å². The first-order valence-corrected chi connectivity index (χ1v) is 13.4. The molecule has 2 aliphatic heterocycles. The zero-order chi connectivity index (χ0) is 28.4. The number of aryl methyl sites for hydroxylation is 1. The van der Waals surface area contributed by atoms with E-state index in [2.05, 4.69) is 4.98 Å². The van der Waals surface area contributed by atoms with Crippen LogP contribution in [0.5, 0.6) is 5.75 Å². The van der Waals surface area contributed by atoms with Crippen LogP contribution in [0.3, 0.4) is 0 Å². The molecule has 0 bridgehead atoms. The second-order valence-electron chi connectivity index (χ2n) is 11.4. The van der Waals surface area contributed by atoms with Gasteiger partial charge < -0.3 is 20.3 Å². The number of carbonyl (C=O) groups is 2. The number of hydrogen-bond donors (Lipinski definition) is 1. The molecule has 0 aliphatic carbocycles. The SMILES string of the molecule is Cc1cc(-c2ccc(OCC3CCN(CC(C)(C)C(F)(F)F)CC3)cn2)ccc1C(=O)N1CCC[C@H]1C(N)=O. The number of rotatable bonds is 8. The largest absolute Gasteiger partial charge is 0.492 e. The molecule has 2 amide bonds. The minimum atomic E-state index is -4.21. The van der Waals surface area contributed by atoms with Crippen LogP contribution in [0.15, 0.2) is 36.5 Å². The van der Waals surface area contributed by atoms with Crippen molar-refractivity contribution in [2.75, 3.05) is 32.8 Å². The summed E-state index contributed by atoms with van der Waals surface area (Å²) < 4.78 is 45.5. The van der Waals surface area contributed by atoms with Crippen molar-refractivity contribution < 1.29 is 27.5 Å². The molecule has 2 N–H and O–H groups in total. The molecular weight excluding hydrogens is 509 g/mol. The number of hydrogen-bond acceptors (Lipinski definition) is 5. The fourth-order valence-electron chi connectivity index (χ4n) is 5.33. The van der Waals surface area contributed by atoms with Crippen LogP contribution >= 0.6 is 0 Å². The van der Waals surface area contributed by atoms with Gasteiger partial charge in [0.05, 0.1) is 23.9 Å².